The Balaban J connectivity index is 1.69. The molecule has 1 saturated heterocycles. The van der Waals surface area contributed by atoms with E-state index in [9.17, 15) is 9.59 Å². The van der Waals surface area contributed by atoms with Crippen LogP contribution in [-0.2, 0) is 18.3 Å². The number of nitrogens with zero attached hydrogens (tertiary/aromatic N) is 4. The van der Waals surface area contributed by atoms with E-state index in [1.807, 2.05) is 44.3 Å². The summed E-state index contributed by atoms with van der Waals surface area (Å²) in [5.41, 5.74) is 2.86. The van der Waals surface area contributed by atoms with E-state index >= 15 is 0 Å². The van der Waals surface area contributed by atoms with Crippen molar-refractivity contribution in [3.8, 4) is 11.1 Å². The molecule has 1 aliphatic rings. The molecule has 1 N–H and O–H groups in total. The van der Waals surface area contributed by atoms with Crippen molar-refractivity contribution >= 4 is 11.8 Å². The van der Waals surface area contributed by atoms with Crippen LogP contribution in [0.4, 0.5) is 0 Å². The number of benzene rings is 1. The predicted molar refractivity (Wildman–Crippen MR) is 127 cm³/mol. The molecule has 1 atom stereocenters. The second-order valence-corrected chi connectivity index (χ2v) is 9.19. The van der Waals surface area contributed by atoms with Crippen LogP contribution in [0.5, 0.6) is 0 Å². The van der Waals surface area contributed by atoms with Crippen LogP contribution in [0.3, 0.4) is 0 Å². The van der Waals surface area contributed by atoms with E-state index in [1.165, 1.54) is 0 Å². The van der Waals surface area contributed by atoms with Gasteiger partial charge in [-0.2, -0.15) is 5.10 Å². The summed E-state index contributed by atoms with van der Waals surface area (Å²) < 4.78 is 1.63. The Bertz CT molecular complexity index is 1120. The predicted octanol–water partition coefficient (Wildman–Crippen LogP) is 3.47. The summed E-state index contributed by atoms with van der Waals surface area (Å²) in [5, 5.41) is 7.41. The molecule has 0 radical (unpaired) electrons. The topological polar surface area (TPSA) is 80.1 Å². The molecule has 3 aromatic rings. The van der Waals surface area contributed by atoms with Crippen molar-refractivity contribution in [3.63, 3.8) is 0 Å². The number of aromatic nitrogens is 3. The molecule has 33 heavy (non-hydrogen) atoms. The van der Waals surface area contributed by atoms with Gasteiger partial charge in [-0.3, -0.25) is 19.3 Å². The highest BCUT2D eigenvalue weighted by atomic mass is 16.2. The number of pyridine rings is 1. The summed E-state index contributed by atoms with van der Waals surface area (Å²) in [6.07, 6.45) is 7.39. The summed E-state index contributed by atoms with van der Waals surface area (Å²) in [6, 6.07) is 13.8. The fourth-order valence-corrected chi connectivity index (χ4v) is 4.66. The van der Waals surface area contributed by atoms with E-state index in [4.69, 9.17) is 0 Å². The van der Waals surface area contributed by atoms with Crippen molar-refractivity contribution in [2.24, 2.45) is 12.5 Å². The molecule has 1 aromatic carbocycles. The van der Waals surface area contributed by atoms with E-state index in [0.29, 0.717) is 25.2 Å². The summed E-state index contributed by atoms with van der Waals surface area (Å²) in [6.45, 7) is 4.92. The summed E-state index contributed by atoms with van der Waals surface area (Å²) in [5.74, 6) is -0.130. The second-order valence-electron chi connectivity index (χ2n) is 9.19. The lowest BCUT2D eigenvalue weighted by molar-refractivity contribution is -0.134. The maximum atomic E-state index is 13.6. The van der Waals surface area contributed by atoms with Crippen LogP contribution in [0.1, 0.15) is 42.7 Å². The molecule has 2 amide bonds. The van der Waals surface area contributed by atoms with Crippen molar-refractivity contribution in [1.82, 2.24) is 25.0 Å². The molecule has 0 saturated carbocycles. The van der Waals surface area contributed by atoms with Gasteiger partial charge in [-0.1, -0.05) is 30.3 Å². The highest BCUT2D eigenvalue weighted by molar-refractivity contribution is 5.93. The summed E-state index contributed by atoms with van der Waals surface area (Å²) >= 11 is 0. The Labute approximate surface area is 194 Å². The number of hydrogen-bond acceptors (Lipinski definition) is 4. The van der Waals surface area contributed by atoms with Gasteiger partial charge in [0.2, 0.25) is 5.91 Å². The van der Waals surface area contributed by atoms with Gasteiger partial charge in [0, 0.05) is 50.3 Å². The van der Waals surface area contributed by atoms with Crippen molar-refractivity contribution in [2.45, 2.75) is 39.2 Å². The van der Waals surface area contributed by atoms with Crippen molar-refractivity contribution < 1.29 is 9.59 Å². The number of hydrogen-bond donors (Lipinski definition) is 1. The quantitative estimate of drug-likeness (QED) is 0.630. The average molecular weight is 446 g/mol. The first-order valence-corrected chi connectivity index (χ1v) is 11.5. The lowest BCUT2D eigenvalue weighted by Gasteiger charge is -2.42. The Morgan fingerprint density at radius 1 is 1.15 bits per heavy atom. The Morgan fingerprint density at radius 2 is 1.97 bits per heavy atom. The van der Waals surface area contributed by atoms with Crippen LogP contribution >= 0.6 is 0 Å². The Hall–Kier alpha value is -3.48. The molecule has 3 heterocycles. The highest BCUT2D eigenvalue weighted by Crippen LogP contribution is 2.37. The zero-order chi connectivity index (χ0) is 23.4. The minimum absolute atomic E-state index is 0.00277. The molecule has 4 rings (SSSR count). The van der Waals surface area contributed by atoms with Gasteiger partial charge in [-0.05, 0) is 56.4 Å². The van der Waals surface area contributed by atoms with Crippen molar-refractivity contribution in [3.05, 3.63) is 72.3 Å². The molecule has 2 aromatic heterocycles. The standard InChI is InChI=1S/C26H31N5O2/c1-19(2)28-25(33)26(12-7-14-31(18-26)24(32)23-11-15-30(3)29-23)16-20-8-4-5-10-22(20)21-9-6-13-27-17-21/h4-6,8-11,13,15,17,19H,7,12,14,16,18H2,1-3H3,(H,28,33)/t26-/m0/s1. The van der Waals surface area contributed by atoms with E-state index in [-0.39, 0.29) is 17.9 Å². The van der Waals surface area contributed by atoms with Crippen LogP contribution in [0.25, 0.3) is 11.1 Å². The van der Waals surface area contributed by atoms with Gasteiger partial charge in [0.05, 0.1) is 5.41 Å². The fraction of sp³-hybridized carbons (Fsp3) is 0.385. The maximum absolute atomic E-state index is 13.6. The molecule has 7 nitrogen and oxygen atoms in total. The average Bonchev–Trinajstić information content (AvgIpc) is 3.25. The molecule has 7 heteroatoms. The van der Waals surface area contributed by atoms with Gasteiger partial charge in [-0.15, -0.1) is 0 Å². The molecule has 1 aliphatic heterocycles. The third-order valence-corrected chi connectivity index (χ3v) is 6.22. The number of piperidine rings is 1. The molecule has 0 unspecified atom stereocenters. The number of likely N-dealkylation sites (tertiary alicyclic amines) is 1. The third-order valence-electron chi connectivity index (χ3n) is 6.22. The highest BCUT2D eigenvalue weighted by Gasteiger charge is 2.44. The third kappa shape index (κ3) is 4.97. The van der Waals surface area contributed by atoms with Gasteiger partial charge >= 0.3 is 0 Å². The summed E-state index contributed by atoms with van der Waals surface area (Å²) in [4.78, 5) is 32.9. The molecule has 1 fully saturated rings. The maximum Gasteiger partial charge on any atom is 0.274 e. The van der Waals surface area contributed by atoms with Gasteiger partial charge < -0.3 is 10.2 Å². The van der Waals surface area contributed by atoms with Crippen LogP contribution in [-0.4, -0.2) is 50.6 Å². The van der Waals surface area contributed by atoms with E-state index in [1.54, 1.807) is 35.1 Å². The van der Waals surface area contributed by atoms with Crippen molar-refractivity contribution in [1.29, 1.82) is 0 Å². The van der Waals surface area contributed by atoms with E-state index in [0.717, 1.165) is 29.5 Å². The number of aryl methyl sites for hydroxylation is 1. The minimum atomic E-state index is -0.717. The molecular formula is C26H31N5O2. The van der Waals surface area contributed by atoms with E-state index in [2.05, 4.69) is 27.5 Å². The zero-order valence-electron chi connectivity index (χ0n) is 19.5. The van der Waals surface area contributed by atoms with Gasteiger partial charge in [0.15, 0.2) is 0 Å². The fourth-order valence-electron chi connectivity index (χ4n) is 4.66. The van der Waals surface area contributed by atoms with Crippen molar-refractivity contribution in [2.75, 3.05) is 13.1 Å². The SMILES string of the molecule is CC(C)NC(=O)[C@]1(Cc2ccccc2-c2cccnc2)CCCN(C(=O)c2ccn(C)n2)C1. The van der Waals surface area contributed by atoms with Gasteiger partial charge in [0.25, 0.3) is 5.91 Å². The number of carbonyl (C=O) groups excluding carboxylic acids is 2. The zero-order valence-corrected chi connectivity index (χ0v) is 19.5. The van der Waals surface area contributed by atoms with Crippen LogP contribution in [0.2, 0.25) is 0 Å². The Morgan fingerprint density at radius 3 is 2.67 bits per heavy atom. The first-order chi connectivity index (χ1) is 15.9. The molecule has 172 valence electrons. The van der Waals surface area contributed by atoms with Gasteiger partial charge in [-0.25, -0.2) is 0 Å². The lowest BCUT2D eigenvalue weighted by atomic mass is 9.73. The first-order valence-electron chi connectivity index (χ1n) is 11.5. The van der Waals surface area contributed by atoms with Gasteiger partial charge in [0.1, 0.15) is 5.69 Å². The first kappa shape index (κ1) is 22.7. The smallest absolute Gasteiger partial charge is 0.274 e. The van der Waals surface area contributed by atoms with Crippen LogP contribution in [0, 0.1) is 5.41 Å². The number of carbonyl (C=O) groups is 2. The normalized spacial score (nSPS) is 18.4. The van der Waals surface area contributed by atoms with Crippen LogP contribution < -0.4 is 5.32 Å². The number of amides is 2. The van der Waals surface area contributed by atoms with E-state index < -0.39 is 5.41 Å². The monoisotopic (exact) mass is 445 g/mol. The number of nitrogens with one attached hydrogen (secondary N) is 1. The molecule has 0 bridgehead atoms. The lowest BCUT2D eigenvalue weighted by Crippen LogP contribution is -2.55. The molecular weight excluding hydrogens is 414 g/mol. The molecule has 0 spiro atoms. The number of rotatable bonds is 6. The van der Waals surface area contributed by atoms with Crippen LogP contribution in [0.15, 0.2) is 61.1 Å². The minimum Gasteiger partial charge on any atom is -0.353 e. The Kier molecular flexibility index (Phi) is 6.58. The largest absolute Gasteiger partial charge is 0.353 e. The second kappa shape index (κ2) is 9.57. The molecule has 0 aliphatic carbocycles. The summed E-state index contributed by atoms with van der Waals surface area (Å²) in [7, 11) is 1.79.